The molecular weight excluding hydrogens is 220 g/mol. The molecule has 0 aromatic carbocycles. The van der Waals surface area contributed by atoms with Crippen LogP contribution in [0.4, 0.5) is 0 Å². The zero-order chi connectivity index (χ0) is 12.7. The highest BCUT2D eigenvalue weighted by Crippen LogP contribution is 2.13. The molecule has 0 aliphatic carbocycles. The van der Waals surface area contributed by atoms with Crippen LogP contribution in [-0.4, -0.2) is 63.4 Å². The molecule has 17 heavy (non-hydrogen) atoms. The number of rotatable bonds is 6. The normalized spacial score (nSPS) is 20.2. The van der Waals surface area contributed by atoms with Crippen molar-refractivity contribution >= 4 is 5.97 Å². The number of ether oxygens (including phenoxy) is 2. The Morgan fingerprint density at radius 3 is 2.53 bits per heavy atom. The first-order valence-electron chi connectivity index (χ1n) is 6.27. The van der Waals surface area contributed by atoms with E-state index in [0.717, 1.165) is 39.0 Å². The quantitative estimate of drug-likeness (QED) is 0.679. The van der Waals surface area contributed by atoms with Crippen molar-refractivity contribution < 1.29 is 14.3 Å². The van der Waals surface area contributed by atoms with Crippen molar-refractivity contribution in [3.8, 4) is 0 Å². The van der Waals surface area contributed by atoms with Crippen LogP contribution in [0.5, 0.6) is 0 Å². The van der Waals surface area contributed by atoms with Gasteiger partial charge in [-0.2, -0.15) is 0 Å². The highest BCUT2D eigenvalue weighted by molar-refractivity contribution is 5.75. The Bertz CT molecular complexity index is 228. The third-order valence-electron chi connectivity index (χ3n) is 3.24. The summed E-state index contributed by atoms with van der Waals surface area (Å²) in [6.07, 6.45) is 2.45. The van der Waals surface area contributed by atoms with Crippen molar-refractivity contribution in [1.82, 2.24) is 10.2 Å². The van der Waals surface area contributed by atoms with Crippen molar-refractivity contribution in [2.24, 2.45) is 0 Å². The Morgan fingerprint density at radius 2 is 2.06 bits per heavy atom. The maximum absolute atomic E-state index is 11.6. The van der Waals surface area contributed by atoms with Gasteiger partial charge in [-0.3, -0.25) is 4.79 Å². The Hall–Kier alpha value is -0.650. The fourth-order valence-corrected chi connectivity index (χ4v) is 2.20. The molecule has 1 aliphatic rings. The topological polar surface area (TPSA) is 50.8 Å². The maximum Gasteiger partial charge on any atom is 0.324 e. The molecule has 5 nitrogen and oxygen atoms in total. The van der Waals surface area contributed by atoms with Crippen molar-refractivity contribution in [1.29, 1.82) is 0 Å². The van der Waals surface area contributed by atoms with Gasteiger partial charge in [0.25, 0.3) is 0 Å². The molecule has 1 rings (SSSR count). The molecule has 1 saturated heterocycles. The van der Waals surface area contributed by atoms with E-state index >= 15 is 0 Å². The maximum atomic E-state index is 11.6. The Labute approximate surface area is 103 Å². The fraction of sp³-hybridized carbons (Fsp3) is 0.917. The van der Waals surface area contributed by atoms with Gasteiger partial charge in [-0.05, 0) is 19.4 Å². The van der Waals surface area contributed by atoms with Crippen molar-refractivity contribution in [3.63, 3.8) is 0 Å². The summed E-state index contributed by atoms with van der Waals surface area (Å²) in [6, 6.07) is -0.218. The fourth-order valence-electron chi connectivity index (χ4n) is 2.20. The largest absolute Gasteiger partial charge is 0.468 e. The minimum absolute atomic E-state index is 0.180. The number of nitrogens with one attached hydrogen (secondary N) is 1. The average molecular weight is 244 g/mol. The monoisotopic (exact) mass is 244 g/mol. The highest BCUT2D eigenvalue weighted by atomic mass is 16.5. The summed E-state index contributed by atoms with van der Waals surface area (Å²) >= 11 is 0. The van der Waals surface area contributed by atoms with Crippen LogP contribution < -0.4 is 5.32 Å². The lowest BCUT2D eigenvalue weighted by molar-refractivity contribution is -0.143. The molecule has 0 amide bonds. The number of esters is 1. The molecule has 5 heteroatoms. The smallest absolute Gasteiger partial charge is 0.324 e. The lowest BCUT2D eigenvalue weighted by atomic mass is 10.1. The first-order valence-corrected chi connectivity index (χ1v) is 6.27. The molecule has 1 aliphatic heterocycles. The van der Waals surface area contributed by atoms with Gasteiger partial charge in [0.2, 0.25) is 0 Å². The highest BCUT2D eigenvalue weighted by Gasteiger charge is 2.25. The van der Waals surface area contributed by atoms with E-state index in [1.165, 1.54) is 7.11 Å². The molecule has 0 saturated carbocycles. The molecule has 1 unspecified atom stereocenters. The zero-order valence-corrected chi connectivity index (χ0v) is 11.1. The number of carbonyl (C=O) groups is 1. The third-order valence-corrected chi connectivity index (χ3v) is 3.24. The standard InChI is InChI=1S/C12H24N2O3/c1-4-13-11(12(15)17-3)9-14-7-5-10(16-2)6-8-14/h10-11,13H,4-9H2,1-3H3. The van der Waals surface area contributed by atoms with Gasteiger partial charge in [0, 0.05) is 26.7 Å². The first-order chi connectivity index (χ1) is 8.21. The number of piperidine rings is 1. The molecule has 0 bridgehead atoms. The van der Waals surface area contributed by atoms with Crippen LogP contribution in [0.1, 0.15) is 19.8 Å². The van der Waals surface area contributed by atoms with Crippen LogP contribution in [0, 0.1) is 0 Å². The van der Waals surface area contributed by atoms with E-state index in [9.17, 15) is 4.79 Å². The summed E-state index contributed by atoms with van der Waals surface area (Å²) in [5.74, 6) is -0.180. The Kier molecular flexibility index (Phi) is 6.47. The first kappa shape index (κ1) is 14.4. The molecular formula is C12H24N2O3. The Morgan fingerprint density at radius 1 is 1.41 bits per heavy atom. The molecule has 1 heterocycles. The van der Waals surface area contributed by atoms with Gasteiger partial charge in [-0.15, -0.1) is 0 Å². The summed E-state index contributed by atoms with van der Waals surface area (Å²) in [4.78, 5) is 13.9. The van der Waals surface area contributed by atoms with Crippen LogP contribution in [-0.2, 0) is 14.3 Å². The minimum atomic E-state index is -0.218. The molecule has 100 valence electrons. The number of hydrogen-bond acceptors (Lipinski definition) is 5. The summed E-state index contributed by atoms with van der Waals surface area (Å²) in [5.41, 5.74) is 0. The van der Waals surface area contributed by atoms with Gasteiger partial charge in [-0.1, -0.05) is 6.92 Å². The second-order valence-electron chi connectivity index (χ2n) is 4.37. The Balaban J connectivity index is 2.37. The van der Waals surface area contributed by atoms with Crippen LogP contribution in [0.25, 0.3) is 0 Å². The zero-order valence-electron chi connectivity index (χ0n) is 11.1. The van der Waals surface area contributed by atoms with E-state index in [-0.39, 0.29) is 12.0 Å². The average Bonchev–Trinajstić information content (AvgIpc) is 2.38. The number of carbonyl (C=O) groups excluding carboxylic acids is 1. The summed E-state index contributed by atoms with van der Waals surface area (Å²) in [5, 5.41) is 3.16. The number of methoxy groups -OCH3 is 2. The van der Waals surface area contributed by atoms with E-state index < -0.39 is 0 Å². The molecule has 1 fully saturated rings. The third kappa shape index (κ3) is 4.61. The SMILES string of the molecule is CCNC(CN1CCC(OC)CC1)C(=O)OC. The van der Waals surface area contributed by atoms with Gasteiger partial charge in [0.15, 0.2) is 0 Å². The van der Waals surface area contributed by atoms with Crippen LogP contribution in [0.15, 0.2) is 0 Å². The predicted molar refractivity (Wildman–Crippen MR) is 66.0 cm³/mol. The van der Waals surface area contributed by atoms with E-state index in [4.69, 9.17) is 9.47 Å². The number of nitrogens with zero attached hydrogens (tertiary/aromatic N) is 1. The predicted octanol–water partition coefficient (Wildman–Crippen LogP) is 0.248. The molecule has 0 aromatic heterocycles. The second-order valence-corrected chi connectivity index (χ2v) is 4.37. The summed E-state index contributed by atoms with van der Waals surface area (Å²) in [7, 11) is 3.19. The van der Waals surface area contributed by atoms with Crippen LogP contribution in [0.3, 0.4) is 0 Å². The van der Waals surface area contributed by atoms with Gasteiger partial charge < -0.3 is 19.7 Å². The van der Waals surface area contributed by atoms with E-state index in [2.05, 4.69) is 10.2 Å². The van der Waals surface area contributed by atoms with Gasteiger partial charge >= 0.3 is 5.97 Å². The molecule has 1 atom stereocenters. The summed E-state index contributed by atoms with van der Waals surface area (Å²) < 4.78 is 10.1. The van der Waals surface area contributed by atoms with Crippen LogP contribution >= 0.6 is 0 Å². The second kappa shape index (κ2) is 7.63. The number of likely N-dealkylation sites (tertiary alicyclic amines) is 1. The lowest BCUT2D eigenvalue weighted by Crippen LogP contribution is -2.49. The lowest BCUT2D eigenvalue weighted by Gasteiger charge is -2.33. The minimum Gasteiger partial charge on any atom is -0.468 e. The summed E-state index contributed by atoms with van der Waals surface area (Å²) in [6.45, 7) is 5.45. The van der Waals surface area contributed by atoms with Crippen LogP contribution in [0.2, 0.25) is 0 Å². The van der Waals surface area contributed by atoms with Gasteiger partial charge in [0.1, 0.15) is 6.04 Å². The van der Waals surface area contributed by atoms with Gasteiger partial charge in [-0.25, -0.2) is 0 Å². The molecule has 1 N–H and O–H groups in total. The van der Waals surface area contributed by atoms with E-state index in [1.807, 2.05) is 6.92 Å². The molecule has 0 radical (unpaired) electrons. The van der Waals surface area contributed by atoms with E-state index in [0.29, 0.717) is 6.10 Å². The van der Waals surface area contributed by atoms with Gasteiger partial charge in [0.05, 0.1) is 13.2 Å². The molecule has 0 aromatic rings. The molecule has 0 spiro atoms. The van der Waals surface area contributed by atoms with Crippen molar-refractivity contribution in [3.05, 3.63) is 0 Å². The number of likely N-dealkylation sites (N-methyl/N-ethyl adjacent to an activating group) is 1. The number of hydrogen-bond donors (Lipinski definition) is 1. The van der Waals surface area contributed by atoms with Crippen molar-refractivity contribution in [2.75, 3.05) is 40.4 Å². The van der Waals surface area contributed by atoms with Crippen molar-refractivity contribution in [2.45, 2.75) is 31.9 Å². The van der Waals surface area contributed by atoms with E-state index in [1.54, 1.807) is 7.11 Å².